The number of amides is 4. The van der Waals surface area contributed by atoms with E-state index < -0.39 is 31.7 Å². The molecule has 3 rings (SSSR count). The molecule has 1 atom stereocenters. The predicted molar refractivity (Wildman–Crippen MR) is 135 cm³/mol. The molecule has 0 unspecified atom stereocenters. The van der Waals surface area contributed by atoms with Crippen molar-refractivity contribution in [2.45, 2.75) is 6.04 Å². The summed E-state index contributed by atoms with van der Waals surface area (Å²) in [5.41, 5.74) is 2.16. The number of urea groups is 1. The first-order valence-electron chi connectivity index (χ1n) is 10.9. The van der Waals surface area contributed by atoms with Gasteiger partial charge in [-0.3, -0.25) is 14.2 Å². The second-order valence-electron chi connectivity index (χ2n) is 7.67. The van der Waals surface area contributed by atoms with E-state index >= 15 is 0 Å². The van der Waals surface area contributed by atoms with Gasteiger partial charge in [-0.15, -0.1) is 6.42 Å². The third-order valence-corrected chi connectivity index (χ3v) is 7.25. The van der Waals surface area contributed by atoms with Crippen LogP contribution in [0.5, 0.6) is 0 Å². The van der Waals surface area contributed by atoms with Crippen LogP contribution in [0.4, 0.5) is 21.9 Å². The zero-order valence-electron chi connectivity index (χ0n) is 19.9. The van der Waals surface area contributed by atoms with E-state index in [-0.39, 0.29) is 12.5 Å². The lowest BCUT2D eigenvalue weighted by atomic mass is 10.2. The van der Waals surface area contributed by atoms with E-state index in [4.69, 9.17) is 20.2 Å². The first kappa shape index (κ1) is 26.9. The standard InChI is InChI=1S/C24H27N4O7P/c1-4-17-5-7-19(8-6-17)26-24(31)27-21(16-36(32,33-2)34-3)23(30)25-18-9-11-20(12-10-18)28-13-14-35-15-22(28)29/h1,5-12,21H,13-16H2,2-3H3,(H,25,30)(H2,26,27,31)/t21-/m0/s1. The van der Waals surface area contributed by atoms with Crippen molar-refractivity contribution in [3.63, 3.8) is 0 Å². The van der Waals surface area contributed by atoms with Crippen LogP contribution in [0.25, 0.3) is 0 Å². The number of hydrogen-bond donors (Lipinski definition) is 3. The second-order valence-corrected chi connectivity index (χ2v) is 9.98. The average molecular weight is 514 g/mol. The van der Waals surface area contributed by atoms with E-state index in [2.05, 4.69) is 21.9 Å². The molecule has 0 saturated carbocycles. The van der Waals surface area contributed by atoms with Crippen LogP contribution < -0.4 is 20.9 Å². The molecular weight excluding hydrogens is 487 g/mol. The van der Waals surface area contributed by atoms with Crippen molar-refractivity contribution in [1.29, 1.82) is 0 Å². The van der Waals surface area contributed by atoms with Crippen molar-refractivity contribution in [2.24, 2.45) is 0 Å². The lowest BCUT2D eigenvalue weighted by Gasteiger charge is -2.27. The zero-order chi connectivity index (χ0) is 26.1. The third-order valence-electron chi connectivity index (χ3n) is 5.33. The van der Waals surface area contributed by atoms with E-state index in [9.17, 15) is 18.9 Å². The Morgan fingerprint density at radius 2 is 1.69 bits per heavy atom. The molecule has 4 amide bonds. The summed E-state index contributed by atoms with van der Waals surface area (Å²) in [6, 6.07) is 11.2. The van der Waals surface area contributed by atoms with Crippen LogP contribution in [-0.4, -0.2) is 64.0 Å². The van der Waals surface area contributed by atoms with Crippen LogP contribution in [0.1, 0.15) is 5.56 Å². The maximum atomic E-state index is 13.0. The summed E-state index contributed by atoms with van der Waals surface area (Å²) in [5, 5.41) is 7.77. The minimum absolute atomic E-state index is 0.0149. The van der Waals surface area contributed by atoms with Gasteiger partial charge in [0.1, 0.15) is 12.6 Å². The third kappa shape index (κ3) is 7.16. The van der Waals surface area contributed by atoms with Crippen LogP contribution in [0.2, 0.25) is 0 Å². The van der Waals surface area contributed by atoms with Gasteiger partial charge in [0.25, 0.3) is 5.91 Å². The molecule has 0 radical (unpaired) electrons. The highest BCUT2D eigenvalue weighted by Crippen LogP contribution is 2.46. The minimum Gasteiger partial charge on any atom is -0.370 e. The Morgan fingerprint density at radius 3 is 2.28 bits per heavy atom. The monoisotopic (exact) mass is 514 g/mol. The molecule has 2 aromatic carbocycles. The van der Waals surface area contributed by atoms with Gasteiger partial charge in [0, 0.05) is 43.4 Å². The number of benzene rings is 2. The predicted octanol–water partition coefficient (Wildman–Crippen LogP) is 2.65. The lowest BCUT2D eigenvalue weighted by Crippen LogP contribution is -2.47. The number of morpholine rings is 1. The number of carbonyl (C=O) groups is 3. The molecule has 3 N–H and O–H groups in total. The van der Waals surface area contributed by atoms with Crippen molar-refractivity contribution in [2.75, 3.05) is 55.7 Å². The second kappa shape index (κ2) is 12.3. The summed E-state index contributed by atoms with van der Waals surface area (Å²) < 4.78 is 27.8. The van der Waals surface area contributed by atoms with Crippen LogP contribution in [-0.2, 0) is 27.9 Å². The van der Waals surface area contributed by atoms with Crippen molar-refractivity contribution >= 4 is 42.5 Å². The van der Waals surface area contributed by atoms with E-state index in [0.29, 0.717) is 35.8 Å². The lowest BCUT2D eigenvalue weighted by molar-refractivity contribution is -0.125. The van der Waals surface area contributed by atoms with Crippen LogP contribution in [0.15, 0.2) is 48.5 Å². The molecule has 0 aromatic heterocycles. The Bertz CT molecular complexity index is 1170. The normalized spacial score (nSPS) is 14.5. The Balaban J connectivity index is 1.70. The highest BCUT2D eigenvalue weighted by atomic mass is 31.2. The smallest absolute Gasteiger partial charge is 0.332 e. The van der Waals surface area contributed by atoms with Gasteiger partial charge in [0.05, 0.1) is 12.8 Å². The van der Waals surface area contributed by atoms with E-state index in [1.807, 2.05) is 0 Å². The number of anilines is 3. The fourth-order valence-corrected chi connectivity index (χ4v) is 4.51. The Hall–Kier alpha value is -3.68. The molecule has 2 aromatic rings. The zero-order valence-corrected chi connectivity index (χ0v) is 20.7. The average Bonchev–Trinajstić information content (AvgIpc) is 2.89. The molecule has 0 bridgehead atoms. The summed E-state index contributed by atoms with van der Waals surface area (Å²) in [6.45, 7) is 0.883. The summed E-state index contributed by atoms with van der Waals surface area (Å²) in [7, 11) is -1.28. The van der Waals surface area contributed by atoms with Gasteiger partial charge in [-0.25, -0.2) is 4.79 Å². The number of rotatable bonds is 9. The van der Waals surface area contributed by atoms with Gasteiger partial charge in [-0.1, -0.05) is 5.92 Å². The van der Waals surface area contributed by atoms with E-state index in [1.165, 1.54) is 14.2 Å². The number of terminal acetylenes is 1. The molecule has 0 spiro atoms. The molecule has 190 valence electrons. The van der Waals surface area contributed by atoms with Gasteiger partial charge in [0.2, 0.25) is 5.91 Å². The topological polar surface area (TPSA) is 135 Å². The number of ether oxygens (including phenoxy) is 1. The molecule has 36 heavy (non-hydrogen) atoms. The van der Waals surface area contributed by atoms with E-state index in [0.717, 1.165) is 0 Å². The van der Waals surface area contributed by atoms with Gasteiger partial charge in [-0.05, 0) is 48.5 Å². The molecule has 12 heteroatoms. The summed E-state index contributed by atoms with van der Waals surface area (Å²) in [4.78, 5) is 39.2. The van der Waals surface area contributed by atoms with Crippen molar-refractivity contribution in [3.8, 4) is 12.3 Å². The molecule has 0 aliphatic carbocycles. The van der Waals surface area contributed by atoms with Gasteiger partial charge in [0.15, 0.2) is 0 Å². The number of nitrogens with zero attached hydrogens (tertiary/aromatic N) is 1. The van der Waals surface area contributed by atoms with Gasteiger partial charge < -0.3 is 34.6 Å². The maximum Gasteiger partial charge on any atom is 0.332 e. The highest BCUT2D eigenvalue weighted by molar-refractivity contribution is 7.53. The number of hydrogen-bond acceptors (Lipinski definition) is 7. The molecule has 1 fully saturated rings. The Kier molecular flexibility index (Phi) is 9.22. The fourth-order valence-electron chi connectivity index (χ4n) is 3.36. The SMILES string of the molecule is C#Cc1ccc(NC(=O)N[C@@H](CP(=O)(OC)OC)C(=O)Nc2ccc(N3CCOCC3=O)cc2)cc1. The Morgan fingerprint density at radius 1 is 1.08 bits per heavy atom. The van der Waals surface area contributed by atoms with E-state index in [1.54, 1.807) is 53.4 Å². The van der Waals surface area contributed by atoms with Gasteiger partial charge >= 0.3 is 13.6 Å². The number of carbonyl (C=O) groups excluding carboxylic acids is 3. The van der Waals surface area contributed by atoms with Crippen LogP contribution in [0, 0.1) is 12.3 Å². The first-order chi connectivity index (χ1) is 17.3. The maximum absolute atomic E-state index is 13.0. The highest BCUT2D eigenvalue weighted by Gasteiger charge is 2.32. The Labute approximate surface area is 209 Å². The molecule has 1 aliphatic rings. The molecule has 11 nitrogen and oxygen atoms in total. The summed E-state index contributed by atoms with van der Waals surface area (Å²) in [6.07, 6.45) is 4.93. The largest absolute Gasteiger partial charge is 0.370 e. The van der Waals surface area contributed by atoms with Crippen molar-refractivity contribution in [1.82, 2.24) is 5.32 Å². The quantitative estimate of drug-likeness (QED) is 0.346. The van der Waals surface area contributed by atoms with Crippen molar-refractivity contribution in [3.05, 3.63) is 54.1 Å². The van der Waals surface area contributed by atoms with Crippen molar-refractivity contribution < 1.29 is 32.7 Å². The first-order valence-corrected chi connectivity index (χ1v) is 12.6. The molecule has 1 aliphatic heterocycles. The van der Waals surface area contributed by atoms with Crippen LogP contribution in [0.3, 0.4) is 0 Å². The fraction of sp³-hybridized carbons (Fsp3) is 0.292. The minimum atomic E-state index is -3.66. The molecule has 1 saturated heterocycles. The summed E-state index contributed by atoms with van der Waals surface area (Å²) in [5.74, 6) is 1.68. The van der Waals surface area contributed by atoms with Crippen LogP contribution >= 0.6 is 7.60 Å². The molecular formula is C24H27N4O7P. The van der Waals surface area contributed by atoms with Gasteiger partial charge in [-0.2, -0.15) is 0 Å². The summed E-state index contributed by atoms with van der Waals surface area (Å²) >= 11 is 0. The number of nitrogens with one attached hydrogen (secondary N) is 3. The molecule has 1 heterocycles.